The lowest BCUT2D eigenvalue weighted by Gasteiger charge is -2.19. The molecule has 3 rings (SSSR count). The van der Waals surface area contributed by atoms with Crippen molar-refractivity contribution < 1.29 is 13.2 Å². The second-order valence-corrected chi connectivity index (χ2v) is 7.89. The van der Waals surface area contributed by atoms with Crippen LogP contribution in [0, 0.1) is 6.92 Å². The van der Waals surface area contributed by atoms with E-state index >= 15 is 0 Å². The first-order valence-corrected chi connectivity index (χ1v) is 10.1. The molecule has 0 amide bonds. The number of anilines is 1. The van der Waals surface area contributed by atoms with Crippen molar-refractivity contribution in [3.8, 4) is 5.69 Å². The highest BCUT2D eigenvalue weighted by atomic mass is 79.9. The van der Waals surface area contributed by atoms with Gasteiger partial charge in [0.05, 0.1) is 11.6 Å². The fourth-order valence-corrected chi connectivity index (χ4v) is 3.73. The van der Waals surface area contributed by atoms with Crippen LogP contribution < -0.4 is 17.2 Å². The molecule has 1 heterocycles. The summed E-state index contributed by atoms with van der Waals surface area (Å²) in [6.45, 7) is 1.99. The van der Waals surface area contributed by atoms with Crippen molar-refractivity contribution in [3.05, 3.63) is 91.9 Å². The molecule has 0 aliphatic rings. The molecule has 0 radical (unpaired) electrons. The lowest BCUT2D eigenvalue weighted by atomic mass is 9.94. The van der Waals surface area contributed by atoms with Gasteiger partial charge in [-0.25, -0.2) is 4.79 Å². The minimum Gasteiger partial charge on any atom is -0.383 e. The fraction of sp³-hybridized carbons (Fsp3) is 0.182. The Kier molecular flexibility index (Phi) is 6.66. The average Bonchev–Trinajstić information content (AvgIpc) is 2.66. The lowest BCUT2D eigenvalue weighted by molar-refractivity contribution is -0.139. The first-order chi connectivity index (χ1) is 14.6. The molecule has 5 nitrogen and oxygen atoms in total. The van der Waals surface area contributed by atoms with Crippen molar-refractivity contribution >= 4 is 27.8 Å². The number of alkyl halides is 3. The third-order valence-electron chi connectivity index (χ3n) is 4.68. The van der Waals surface area contributed by atoms with E-state index < -0.39 is 17.8 Å². The summed E-state index contributed by atoms with van der Waals surface area (Å²) in [6, 6.07) is 11.0. The van der Waals surface area contributed by atoms with Gasteiger partial charge in [0.25, 0.3) is 0 Å². The summed E-state index contributed by atoms with van der Waals surface area (Å²) in [5.74, 6) is -1.83. The van der Waals surface area contributed by atoms with Crippen molar-refractivity contribution in [1.29, 1.82) is 0 Å². The smallest absolute Gasteiger partial charge is 0.383 e. The van der Waals surface area contributed by atoms with Gasteiger partial charge in [-0.15, -0.1) is 0 Å². The van der Waals surface area contributed by atoms with Crippen LogP contribution in [0.3, 0.4) is 0 Å². The van der Waals surface area contributed by atoms with Gasteiger partial charge in [0.1, 0.15) is 5.82 Å². The molecular weight excluding hydrogens is 473 g/mol. The van der Waals surface area contributed by atoms with Crippen LogP contribution in [0.25, 0.3) is 11.8 Å². The quantitative estimate of drug-likeness (QED) is 0.540. The maximum Gasteiger partial charge on any atom is 0.399 e. The Labute approximate surface area is 185 Å². The Balaban J connectivity index is 2.04. The predicted molar refractivity (Wildman–Crippen MR) is 119 cm³/mol. The third-order valence-corrected chi connectivity index (χ3v) is 5.42. The van der Waals surface area contributed by atoms with E-state index in [4.69, 9.17) is 11.5 Å². The number of aryl methyl sites for hydroxylation is 1. The molecule has 0 saturated heterocycles. The first kappa shape index (κ1) is 22.8. The van der Waals surface area contributed by atoms with Gasteiger partial charge in [-0.05, 0) is 53.4 Å². The van der Waals surface area contributed by atoms with Gasteiger partial charge in [-0.3, -0.25) is 4.57 Å². The highest BCUT2D eigenvalue weighted by Crippen LogP contribution is 2.37. The van der Waals surface area contributed by atoms with Crippen LogP contribution in [-0.4, -0.2) is 15.7 Å². The molecule has 0 aliphatic carbocycles. The predicted octanol–water partition coefficient (Wildman–Crippen LogP) is 4.70. The SMILES string of the molecule is Cc1cc(C(/C=C/c2ccc(CN)c(Br)c2)C(F)(F)F)cc(-n2ccc(N)nc2=O)c1. The number of nitrogens with two attached hydrogens (primary N) is 2. The van der Waals surface area contributed by atoms with E-state index in [0.717, 1.165) is 20.7 Å². The van der Waals surface area contributed by atoms with Crippen molar-refractivity contribution in [2.24, 2.45) is 5.73 Å². The number of aromatic nitrogens is 2. The van der Waals surface area contributed by atoms with Gasteiger partial charge in [0, 0.05) is 17.2 Å². The summed E-state index contributed by atoms with van der Waals surface area (Å²) in [5.41, 5.74) is 12.8. The van der Waals surface area contributed by atoms with Gasteiger partial charge >= 0.3 is 11.9 Å². The van der Waals surface area contributed by atoms with Crippen molar-refractivity contribution in [2.45, 2.75) is 25.6 Å². The molecular formula is C22H20BrF3N4O. The van der Waals surface area contributed by atoms with Gasteiger partial charge in [-0.1, -0.05) is 46.3 Å². The summed E-state index contributed by atoms with van der Waals surface area (Å²) in [5, 5.41) is 0. The topological polar surface area (TPSA) is 86.9 Å². The summed E-state index contributed by atoms with van der Waals surface area (Å²) < 4.78 is 43.7. The van der Waals surface area contributed by atoms with Crippen molar-refractivity contribution in [1.82, 2.24) is 9.55 Å². The summed E-state index contributed by atoms with van der Waals surface area (Å²) in [4.78, 5) is 15.8. The second kappa shape index (κ2) is 9.07. The molecule has 3 aromatic rings. The zero-order valence-electron chi connectivity index (χ0n) is 16.5. The van der Waals surface area contributed by atoms with E-state index in [9.17, 15) is 18.0 Å². The molecule has 0 saturated carbocycles. The zero-order chi connectivity index (χ0) is 22.8. The average molecular weight is 493 g/mol. The first-order valence-electron chi connectivity index (χ1n) is 9.29. The maximum absolute atomic E-state index is 13.9. The normalized spacial score (nSPS) is 13.0. The number of allylic oxidation sites excluding steroid dienone is 1. The number of hydrogen-bond donors (Lipinski definition) is 2. The van der Waals surface area contributed by atoms with Crippen LogP contribution in [0.4, 0.5) is 19.0 Å². The summed E-state index contributed by atoms with van der Waals surface area (Å²) >= 11 is 3.37. The van der Waals surface area contributed by atoms with E-state index in [-0.39, 0.29) is 17.1 Å². The molecule has 1 unspecified atom stereocenters. The van der Waals surface area contributed by atoms with Crippen LogP contribution in [0.2, 0.25) is 0 Å². The Morgan fingerprint density at radius 1 is 1.19 bits per heavy atom. The van der Waals surface area contributed by atoms with Crippen molar-refractivity contribution in [2.75, 3.05) is 5.73 Å². The Morgan fingerprint density at radius 3 is 2.55 bits per heavy atom. The molecule has 1 atom stereocenters. The molecule has 9 heteroatoms. The number of hydrogen-bond acceptors (Lipinski definition) is 4. The highest BCUT2D eigenvalue weighted by molar-refractivity contribution is 9.10. The molecule has 31 heavy (non-hydrogen) atoms. The zero-order valence-corrected chi connectivity index (χ0v) is 18.1. The Morgan fingerprint density at radius 2 is 1.94 bits per heavy atom. The summed E-state index contributed by atoms with van der Waals surface area (Å²) in [7, 11) is 0. The number of halogens is 4. The van der Waals surface area contributed by atoms with E-state index in [0.29, 0.717) is 17.7 Å². The molecule has 0 aliphatic heterocycles. The number of nitrogen functional groups attached to an aromatic ring is 1. The number of benzene rings is 2. The molecule has 1 aromatic heterocycles. The van der Waals surface area contributed by atoms with Crippen LogP contribution in [-0.2, 0) is 6.54 Å². The van der Waals surface area contributed by atoms with Crippen LogP contribution in [0.1, 0.15) is 28.2 Å². The molecule has 4 N–H and O–H groups in total. The Bertz CT molecular complexity index is 1190. The molecule has 0 spiro atoms. The minimum atomic E-state index is -4.53. The van der Waals surface area contributed by atoms with Gasteiger partial charge in [0.2, 0.25) is 0 Å². The Hall–Kier alpha value is -2.91. The van der Waals surface area contributed by atoms with Crippen LogP contribution in [0.5, 0.6) is 0 Å². The van der Waals surface area contributed by atoms with E-state index in [1.165, 1.54) is 30.5 Å². The third kappa shape index (κ3) is 5.42. The largest absolute Gasteiger partial charge is 0.399 e. The molecule has 162 valence electrons. The van der Waals surface area contributed by atoms with Crippen molar-refractivity contribution in [3.63, 3.8) is 0 Å². The van der Waals surface area contributed by atoms with Gasteiger partial charge < -0.3 is 11.5 Å². The van der Waals surface area contributed by atoms with Gasteiger partial charge in [0.15, 0.2) is 0 Å². The minimum absolute atomic E-state index is 0.0140. The van der Waals surface area contributed by atoms with E-state index in [1.54, 1.807) is 31.2 Å². The van der Waals surface area contributed by atoms with Gasteiger partial charge in [-0.2, -0.15) is 18.2 Å². The van der Waals surface area contributed by atoms with Crippen LogP contribution in [0.15, 0.2) is 64.0 Å². The molecule has 2 aromatic carbocycles. The summed E-state index contributed by atoms with van der Waals surface area (Å²) in [6.07, 6.45) is -0.618. The maximum atomic E-state index is 13.9. The monoisotopic (exact) mass is 492 g/mol. The number of nitrogens with zero attached hydrogens (tertiary/aromatic N) is 2. The fourth-order valence-electron chi connectivity index (χ4n) is 3.17. The number of rotatable bonds is 5. The highest BCUT2D eigenvalue weighted by Gasteiger charge is 2.39. The standard InChI is InChI=1S/C22H20BrF3N4O/c1-13-8-16(11-17(9-13)30-7-6-20(28)29-21(30)31)18(22(24,25)26)5-3-14-2-4-15(12-27)19(23)10-14/h2-11,18H,12,27H2,1H3,(H2,28,29,31)/b5-3+. The lowest BCUT2D eigenvalue weighted by Crippen LogP contribution is -2.23. The van der Waals surface area contributed by atoms with E-state index in [2.05, 4.69) is 20.9 Å². The molecule has 0 fully saturated rings. The molecule has 0 bridgehead atoms. The van der Waals surface area contributed by atoms with E-state index in [1.807, 2.05) is 0 Å². The second-order valence-electron chi connectivity index (χ2n) is 7.04. The van der Waals surface area contributed by atoms with Crippen LogP contribution >= 0.6 is 15.9 Å².